The van der Waals surface area contributed by atoms with Gasteiger partial charge in [-0.1, -0.05) is 66.2 Å². The van der Waals surface area contributed by atoms with E-state index in [2.05, 4.69) is 54.7 Å². The Morgan fingerprint density at radius 2 is 1.59 bits per heavy atom. The molecule has 5 aromatic rings. The summed E-state index contributed by atoms with van der Waals surface area (Å²) in [5, 5.41) is 3.82. The van der Waals surface area contributed by atoms with E-state index in [-0.39, 0.29) is 5.91 Å². The molecule has 0 aliphatic carbocycles. The molecule has 2 aromatic heterocycles. The summed E-state index contributed by atoms with van der Waals surface area (Å²) < 4.78 is 0. The Balaban J connectivity index is 1.65. The van der Waals surface area contributed by atoms with E-state index in [1.165, 1.54) is 22.5 Å². The molecular weight excluding hydrogens is 438 g/mol. The third-order valence-electron chi connectivity index (χ3n) is 6.10. The summed E-state index contributed by atoms with van der Waals surface area (Å²) in [6, 6.07) is 26.4. The number of thiophene rings is 1. The SMILES string of the molecule is Cc1ccc(-c2cc(-c3ccccc3)c3c(N)c(C(=O)Nc4ccc(C)c(C)c4)sc3n2)cc1. The van der Waals surface area contributed by atoms with Crippen LogP contribution in [0.5, 0.6) is 0 Å². The van der Waals surface area contributed by atoms with Crippen LogP contribution in [0.2, 0.25) is 0 Å². The summed E-state index contributed by atoms with van der Waals surface area (Å²) in [6.07, 6.45) is 0. The van der Waals surface area contributed by atoms with Crippen molar-refractivity contribution in [3.05, 3.63) is 100 Å². The number of pyridine rings is 1. The number of hydrogen-bond acceptors (Lipinski definition) is 4. The molecular formula is C29H25N3OS. The van der Waals surface area contributed by atoms with Crippen molar-refractivity contribution < 1.29 is 4.79 Å². The highest BCUT2D eigenvalue weighted by Crippen LogP contribution is 2.41. The van der Waals surface area contributed by atoms with Crippen LogP contribution >= 0.6 is 11.3 Å². The molecule has 5 rings (SSSR count). The summed E-state index contributed by atoms with van der Waals surface area (Å²) in [6.45, 7) is 6.14. The first-order chi connectivity index (χ1) is 16.4. The van der Waals surface area contributed by atoms with E-state index in [1.807, 2.05) is 50.2 Å². The molecule has 0 saturated heterocycles. The fourth-order valence-electron chi connectivity index (χ4n) is 4.01. The van der Waals surface area contributed by atoms with Crippen molar-refractivity contribution in [2.45, 2.75) is 20.8 Å². The van der Waals surface area contributed by atoms with Crippen molar-refractivity contribution >= 4 is 38.8 Å². The molecule has 0 bridgehead atoms. The van der Waals surface area contributed by atoms with E-state index in [1.54, 1.807) is 0 Å². The monoisotopic (exact) mass is 463 g/mol. The maximum Gasteiger partial charge on any atom is 0.267 e. The van der Waals surface area contributed by atoms with Gasteiger partial charge in [0.05, 0.1) is 11.4 Å². The second-order valence-corrected chi connectivity index (χ2v) is 9.56. The van der Waals surface area contributed by atoms with Gasteiger partial charge in [-0.3, -0.25) is 4.79 Å². The van der Waals surface area contributed by atoms with Crippen molar-refractivity contribution in [1.82, 2.24) is 4.98 Å². The Morgan fingerprint density at radius 1 is 0.853 bits per heavy atom. The van der Waals surface area contributed by atoms with E-state index < -0.39 is 0 Å². The fourth-order valence-corrected chi connectivity index (χ4v) is 5.03. The van der Waals surface area contributed by atoms with Crippen LogP contribution < -0.4 is 11.1 Å². The lowest BCUT2D eigenvalue weighted by Gasteiger charge is -2.09. The van der Waals surface area contributed by atoms with Crippen LogP contribution in [-0.4, -0.2) is 10.9 Å². The Hall–Kier alpha value is -3.96. The van der Waals surface area contributed by atoms with Crippen LogP contribution in [0.4, 0.5) is 11.4 Å². The first-order valence-corrected chi connectivity index (χ1v) is 12.0. The Morgan fingerprint density at radius 3 is 2.29 bits per heavy atom. The number of aromatic nitrogens is 1. The number of rotatable bonds is 4. The number of hydrogen-bond donors (Lipinski definition) is 2. The van der Waals surface area contributed by atoms with E-state index in [4.69, 9.17) is 10.7 Å². The minimum absolute atomic E-state index is 0.223. The van der Waals surface area contributed by atoms with Crippen molar-refractivity contribution in [2.24, 2.45) is 0 Å². The smallest absolute Gasteiger partial charge is 0.267 e. The summed E-state index contributed by atoms with van der Waals surface area (Å²) in [7, 11) is 0. The zero-order chi connectivity index (χ0) is 23.8. The third-order valence-corrected chi connectivity index (χ3v) is 7.20. The molecule has 0 fully saturated rings. The highest BCUT2D eigenvalue weighted by Gasteiger charge is 2.22. The van der Waals surface area contributed by atoms with E-state index in [0.29, 0.717) is 10.6 Å². The van der Waals surface area contributed by atoms with Gasteiger partial charge in [0, 0.05) is 16.6 Å². The number of aryl methyl sites for hydroxylation is 3. The van der Waals surface area contributed by atoms with Gasteiger partial charge in [0.1, 0.15) is 9.71 Å². The minimum atomic E-state index is -0.223. The number of carbonyl (C=O) groups excluding carboxylic acids is 1. The van der Waals surface area contributed by atoms with E-state index in [9.17, 15) is 4.79 Å². The van der Waals surface area contributed by atoms with Crippen LogP contribution in [0.1, 0.15) is 26.4 Å². The number of nitrogen functional groups attached to an aromatic ring is 1. The standard InChI is InChI=1S/C29H25N3OS/c1-17-9-12-21(13-10-17)24-16-23(20-7-5-4-6-8-20)25-26(30)27(34-29(25)32-24)28(33)31-22-14-11-18(2)19(3)15-22/h4-16H,30H2,1-3H3,(H,31,33). The molecule has 3 N–H and O–H groups in total. The lowest BCUT2D eigenvalue weighted by Crippen LogP contribution is -2.12. The van der Waals surface area contributed by atoms with Gasteiger partial charge in [0.15, 0.2) is 0 Å². The average Bonchev–Trinajstić information content (AvgIpc) is 3.18. The third kappa shape index (κ3) is 4.06. The average molecular weight is 464 g/mol. The van der Waals surface area contributed by atoms with Gasteiger partial charge >= 0.3 is 0 Å². The molecule has 0 saturated carbocycles. The molecule has 3 aromatic carbocycles. The highest BCUT2D eigenvalue weighted by molar-refractivity contribution is 7.21. The fraction of sp³-hybridized carbons (Fsp3) is 0.103. The lowest BCUT2D eigenvalue weighted by molar-refractivity contribution is 0.103. The van der Waals surface area contributed by atoms with Crippen molar-refractivity contribution in [1.29, 1.82) is 0 Å². The number of nitrogens with zero attached hydrogens (tertiary/aromatic N) is 1. The number of nitrogens with two attached hydrogens (primary N) is 1. The Kier molecular flexibility index (Phi) is 5.64. The predicted octanol–water partition coefficient (Wildman–Crippen LogP) is 7.39. The van der Waals surface area contributed by atoms with Gasteiger partial charge in [-0.15, -0.1) is 11.3 Å². The molecule has 0 unspecified atom stereocenters. The first kappa shape index (κ1) is 21.9. The molecule has 2 heterocycles. The molecule has 0 aliphatic heterocycles. The number of fused-ring (bicyclic) bond motifs is 1. The molecule has 4 nitrogen and oxygen atoms in total. The second kappa shape index (κ2) is 8.76. The maximum absolute atomic E-state index is 13.2. The summed E-state index contributed by atoms with van der Waals surface area (Å²) in [5.74, 6) is -0.223. The highest BCUT2D eigenvalue weighted by atomic mass is 32.1. The summed E-state index contributed by atoms with van der Waals surface area (Å²) in [4.78, 5) is 19.4. The molecule has 34 heavy (non-hydrogen) atoms. The number of amides is 1. The quantitative estimate of drug-likeness (QED) is 0.292. The zero-order valence-corrected chi connectivity index (χ0v) is 20.2. The second-order valence-electron chi connectivity index (χ2n) is 8.57. The molecule has 0 spiro atoms. The van der Waals surface area contributed by atoms with Crippen molar-refractivity contribution in [2.75, 3.05) is 11.1 Å². The Bertz CT molecular complexity index is 1520. The molecule has 5 heteroatoms. The van der Waals surface area contributed by atoms with Crippen molar-refractivity contribution in [3.8, 4) is 22.4 Å². The van der Waals surface area contributed by atoms with Gasteiger partial charge in [-0.05, 0) is 61.2 Å². The normalized spacial score (nSPS) is 11.0. The minimum Gasteiger partial charge on any atom is -0.397 e. The largest absolute Gasteiger partial charge is 0.397 e. The zero-order valence-electron chi connectivity index (χ0n) is 19.3. The number of benzene rings is 3. The molecule has 0 atom stereocenters. The van der Waals surface area contributed by atoms with Crippen LogP contribution in [0.15, 0.2) is 78.9 Å². The number of nitrogens with one attached hydrogen (secondary N) is 1. The molecule has 1 amide bonds. The van der Waals surface area contributed by atoms with Gasteiger partial charge < -0.3 is 11.1 Å². The van der Waals surface area contributed by atoms with Crippen LogP contribution in [-0.2, 0) is 0 Å². The van der Waals surface area contributed by atoms with Gasteiger partial charge in [-0.2, -0.15) is 0 Å². The first-order valence-electron chi connectivity index (χ1n) is 11.1. The van der Waals surface area contributed by atoms with Crippen LogP contribution in [0, 0.1) is 20.8 Å². The number of anilines is 2. The number of carbonyl (C=O) groups is 1. The topological polar surface area (TPSA) is 68.0 Å². The predicted molar refractivity (Wildman–Crippen MR) is 144 cm³/mol. The van der Waals surface area contributed by atoms with Crippen LogP contribution in [0.3, 0.4) is 0 Å². The molecule has 0 radical (unpaired) electrons. The van der Waals surface area contributed by atoms with Gasteiger partial charge in [0.2, 0.25) is 0 Å². The van der Waals surface area contributed by atoms with E-state index >= 15 is 0 Å². The Labute approximate surface area is 203 Å². The van der Waals surface area contributed by atoms with E-state index in [0.717, 1.165) is 43.9 Å². The molecule has 0 aliphatic rings. The van der Waals surface area contributed by atoms with Crippen molar-refractivity contribution in [3.63, 3.8) is 0 Å². The summed E-state index contributed by atoms with van der Waals surface area (Å²) in [5.41, 5.74) is 15.2. The molecule has 168 valence electrons. The lowest BCUT2D eigenvalue weighted by atomic mass is 9.99. The van der Waals surface area contributed by atoms with Crippen LogP contribution in [0.25, 0.3) is 32.6 Å². The maximum atomic E-state index is 13.2. The van der Waals surface area contributed by atoms with Gasteiger partial charge in [0.25, 0.3) is 5.91 Å². The summed E-state index contributed by atoms with van der Waals surface area (Å²) >= 11 is 1.33. The van der Waals surface area contributed by atoms with Gasteiger partial charge in [-0.25, -0.2) is 4.98 Å².